The molecule has 3 N–H and O–H groups in total. The number of hydrogen-bond donors (Lipinski definition) is 2. The first-order valence-electron chi connectivity index (χ1n) is 5.18. The van der Waals surface area contributed by atoms with Crippen LogP contribution in [0.3, 0.4) is 0 Å². The molecule has 0 saturated heterocycles. The van der Waals surface area contributed by atoms with Crippen molar-refractivity contribution in [2.75, 3.05) is 5.73 Å². The number of aromatic amines is 1. The lowest BCUT2D eigenvalue weighted by atomic mass is 10.1. The van der Waals surface area contributed by atoms with E-state index in [9.17, 15) is 4.39 Å². The summed E-state index contributed by atoms with van der Waals surface area (Å²) in [6, 6.07) is 4.31. The lowest BCUT2D eigenvalue weighted by Gasteiger charge is -2.03. The van der Waals surface area contributed by atoms with Gasteiger partial charge in [-0.15, -0.1) is 0 Å². The number of halogens is 1. The van der Waals surface area contributed by atoms with E-state index in [-0.39, 0.29) is 5.82 Å². The molecule has 0 aliphatic rings. The number of aromatic nitrogens is 2. The minimum Gasteiger partial charge on any atom is -0.398 e. The second-order valence-electron chi connectivity index (χ2n) is 4.07. The molecule has 0 bridgehead atoms. The molecule has 1 aromatic carbocycles. The minimum absolute atomic E-state index is 0.336. The molecule has 0 fully saturated rings. The Morgan fingerprint density at radius 1 is 1.38 bits per heavy atom. The van der Waals surface area contributed by atoms with Gasteiger partial charge in [-0.1, -0.05) is 13.8 Å². The molecule has 0 amide bonds. The SMILES string of the molecule is CC(C)c1cnc(-c2ccc(F)cc2N)[nH]1. The Kier molecular flexibility index (Phi) is 2.64. The highest BCUT2D eigenvalue weighted by molar-refractivity contribution is 5.71. The van der Waals surface area contributed by atoms with E-state index in [0.717, 1.165) is 11.3 Å². The zero-order valence-electron chi connectivity index (χ0n) is 9.29. The van der Waals surface area contributed by atoms with Crippen molar-refractivity contribution in [1.29, 1.82) is 0 Å². The van der Waals surface area contributed by atoms with E-state index in [4.69, 9.17) is 5.73 Å². The Bertz CT molecular complexity index is 503. The predicted molar refractivity (Wildman–Crippen MR) is 62.5 cm³/mol. The highest BCUT2D eigenvalue weighted by Gasteiger charge is 2.09. The first kappa shape index (κ1) is 10.7. The van der Waals surface area contributed by atoms with Gasteiger partial charge in [0, 0.05) is 23.1 Å². The highest BCUT2D eigenvalue weighted by Crippen LogP contribution is 2.25. The molecule has 84 valence electrons. The number of nitrogens with two attached hydrogens (primary N) is 1. The Morgan fingerprint density at radius 3 is 2.69 bits per heavy atom. The van der Waals surface area contributed by atoms with Crippen molar-refractivity contribution >= 4 is 5.69 Å². The molecule has 0 aliphatic carbocycles. The van der Waals surface area contributed by atoms with E-state index in [2.05, 4.69) is 23.8 Å². The van der Waals surface area contributed by atoms with E-state index >= 15 is 0 Å². The van der Waals surface area contributed by atoms with E-state index in [1.807, 2.05) is 0 Å². The molecule has 0 atom stereocenters. The second kappa shape index (κ2) is 3.96. The van der Waals surface area contributed by atoms with E-state index in [1.165, 1.54) is 12.1 Å². The quantitative estimate of drug-likeness (QED) is 0.763. The van der Waals surface area contributed by atoms with E-state index in [1.54, 1.807) is 12.3 Å². The lowest BCUT2D eigenvalue weighted by Crippen LogP contribution is -1.93. The first-order valence-corrected chi connectivity index (χ1v) is 5.18. The standard InChI is InChI=1S/C12H14FN3/c1-7(2)11-6-15-12(16-11)9-4-3-8(13)5-10(9)14/h3-7H,14H2,1-2H3,(H,15,16). The van der Waals surface area contributed by atoms with Crippen LogP contribution in [0.15, 0.2) is 24.4 Å². The largest absolute Gasteiger partial charge is 0.398 e. The molecule has 0 spiro atoms. The number of rotatable bonds is 2. The van der Waals surface area contributed by atoms with Crippen LogP contribution in [0.4, 0.5) is 10.1 Å². The Hall–Kier alpha value is -1.84. The molecule has 0 saturated carbocycles. The highest BCUT2D eigenvalue weighted by atomic mass is 19.1. The summed E-state index contributed by atoms with van der Waals surface area (Å²) in [4.78, 5) is 7.42. The zero-order chi connectivity index (χ0) is 11.7. The third-order valence-electron chi connectivity index (χ3n) is 2.49. The van der Waals surface area contributed by atoms with Crippen LogP contribution < -0.4 is 5.73 Å². The monoisotopic (exact) mass is 219 g/mol. The van der Waals surface area contributed by atoms with E-state index < -0.39 is 0 Å². The lowest BCUT2D eigenvalue weighted by molar-refractivity contribution is 0.628. The molecular formula is C12H14FN3. The Morgan fingerprint density at radius 2 is 2.12 bits per heavy atom. The fourth-order valence-electron chi connectivity index (χ4n) is 1.51. The summed E-state index contributed by atoms with van der Waals surface area (Å²) in [7, 11) is 0. The van der Waals surface area contributed by atoms with Crippen molar-refractivity contribution in [3.05, 3.63) is 35.9 Å². The van der Waals surface area contributed by atoms with Gasteiger partial charge in [-0.3, -0.25) is 0 Å². The molecule has 2 aromatic rings. The smallest absolute Gasteiger partial charge is 0.139 e. The third-order valence-corrected chi connectivity index (χ3v) is 2.49. The van der Waals surface area contributed by atoms with Crippen LogP contribution in [0.1, 0.15) is 25.5 Å². The summed E-state index contributed by atoms with van der Waals surface area (Å²) < 4.78 is 12.9. The summed E-state index contributed by atoms with van der Waals surface area (Å²) in [6.45, 7) is 4.15. The van der Waals surface area contributed by atoms with Crippen LogP contribution in [0.25, 0.3) is 11.4 Å². The van der Waals surface area contributed by atoms with Gasteiger partial charge in [-0.2, -0.15) is 0 Å². The fraction of sp³-hybridized carbons (Fsp3) is 0.250. The van der Waals surface area contributed by atoms with Gasteiger partial charge in [-0.25, -0.2) is 9.37 Å². The minimum atomic E-state index is -0.336. The molecule has 1 heterocycles. The predicted octanol–water partition coefficient (Wildman–Crippen LogP) is 2.92. The van der Waals surface area contributed by atoms with Crippen molar-refractivity contribution in [2.24, 2.45) is 0 Å². The average molecular weight is 219 g/mol. The maximum atomic E-state index is 12.9. The zero-order valence-corrected chi connectivity index (χ0v) is 9.29. The summed E-state index contributed by atoms with van der Waals surface area (Å²) in [6.07, 6.45) is 1.78. The fourth-order valence-corrected chi connectivity index (χ4v) is 1.51. The Labute approximate surface area is 93.5 Å². The Balaban J connectivity index is 2.42. The molecule has 2 rings (SSSR count). The maximum absolute atomic E-state index is 12.9. The van der Waals surface area contributed by atoms with Crippen LogP contribution >= 0.6 is 0 Å². The number of nitrogens with one attached hydrogen (secondary N) is 1. The number of nitrogen functional groups attached to an aromatic ring is 1. The number of anilines is 1. The van der Waals surface area contributed by atoms with Gasteiger partial charge in [0.15, 0.2) is 0 Å². The normalized spacial score (nSPS) is 11.0. The van der Waals surface area contributed by atoms with Crippen molar-refractivity contribution in [3.63, 3.8) is 0 Å². The number of hydrogen-bond acceptors (Lipinski definition) is 2. The van der Waals surface area contributed by atoms with Crippen molar-refractivity contribution < 1.29 is 4.39 Å². The van der Waals surface area contributed by atoms with Crippen molar-refractivity contribution in [2.45, 2.75) is 19.8 Å². The van der Waals surface area contributed by atoms with Crippen LogP contribution in [0.5, 0.6) is 0 Å². The molecule has 4 heteroatoms. The van der Waals surface area contributed by atoms with Gasteiger partial charge in [0.05, 0.1) is 0 Å². The maximum Gasteiger partial charge on any atom is 0.139 e. The molecule has 0 unspecified atom stereocenters. The van der Waals surface area contributed by atoms with Crippen LogP contribution in [-0.2, 0) is 0 Å². The van der Waals surface area contributed by atoms with Crippen LogP contribution in [0, 0.1) is 5.82 Å². The van der Waals surface area contributed by atoms with Gasteiger partial charge in [0.1, 0.15) is 11.6 Å². The topological polar surface area (TPSA) is 54.7 Å². The van der Waals surface area contributed by atoms with Gasteiger partial charge >= 0.3 is 0 Å². The summed E-state index contributed by atoms with van der Waals surface area (Å²) in [5.41, 5.74) is 7.90. The number of H-pyrrole nitrogens is 1. The first-order chi connectivity index (χ1) is 7.58. The van der Waals surface area contributed by atoms with Gasteiger partial charge in [-0.05, 0) is 24.1 Å². The molecule has 3 nitrogen and oxygen atoms in total. The van der Waals surface area contributed by atoms with Crippen LogP contribution in [-0.4, -0.2) is 9.97 Å². The van der Waals surface area contributed by atoms with Gasteiger partial charge in [0.25, 0.3) is 0 Å². The van der Waals surface area contributed by atoms with Crippen LogP contribution in [0.2, 0.25) is 0 Å². The molecular weight excluding hydrogens is 205 g/mol. The molecule has 0 aliphatic heterocycles. The molecule has 0 radical (unpaired) electrons. The third kappa shape index (κ3) is 1.91. The second-order valence-corrected chi connectivity index (χ2v) is 4.07. The molecule has 16 heavy (non-hydrogen) atoms. The van der Waals surface area contributed by atoms with Crippen molar-refractivity contribution in [3.8, 4) is 11.4 Å². The summed E-state index contributed by atoms with van der Waals surface area (Å²) in [5, 5.41) is 0. The summed E-state index contributed by atoms with van der Waals surface area (Å²) in [5.74, 6) is 0.723. The van der Waals surface area contributed by atoms with E-state index in [0.29, 0.717) is 17.4 Å². The number of benzene rings is 1. The summed E-state index contributed by atoms with van der Waals surface area (Å²) >= 11 is 0. The number of nitrogens with zero attached hydrogens (tertiary/aromatic N) is 1. The number of imidazole rings is 1. The van der Waals surface area contributed by atoms with Gasteiger partial charge in [0.2, 0.25) is 0 Å². The van der Waals surface area contributed by atoms with Crippen molar-refractivity contribution in [1.82, 2.24) is 9.97 Å². The van der Waals surface area contributed by atoms with Gasteiger partial charge < -0.3 is 10.7 Å². The average Bonchev–Trinajstić information content (AvgIpc) is 2.66. The molecule has 1 aromatic heterocycles.